The van der Waals surface area contributed by atoms with E-state index < -0.39 is 27.8 Å². The Labute approximate surface area is 185 Å². The maximum Gasteiger partial charge on any atom is 0.315 e. The van der Waals surface area contributed by atoms with E-state index in [0.717, 1.165) is 24.2 Å². The summed E-state index contributed by atoms with van der Waals surface area (Å²) in [5, 5.41) is 27.1. The zero-order valence-electron chi connectivity index (χ0n) is 17.3. The number of nitro benzene ring substituents is 1. The van der Waals surface area contributed by atoms with E-state index in [1.165, 1.54) is 18.3 Å². The smallest absolute Gasteiger partial charge is 0.315 e. The number of carbonyl (C=O) groups is 1. The van der Waals surface area contributed by atoms with Crippen LogP contribution in [0.5, 0.6) is 5.75 Å². The van der Waals surface area contributed by atoms with Crippen LogP contribution in [-0.2, 0) is 12.8 Å². The highest BCUT2D eigenvalue weighted by molar-refractivity contribution is 6.07. The van der Waals surface area contributed by atoms with E-state index in [0.29, 0.717) is 34.7 Å². The Bertz CT molecular complexity index is 1530. The number of aromatic nitrogens is 1. The number of hydrazone groups is 1. The van der Waals surface area contributed by atoms with Gasteiger partial charge in [-0.25, -0.2) is 5.43 Å². The molecule has 1 aliphatic rings. The van der Waals surface area contributed by atoms with Crippen LogP contribution in [0.3, 0.4) is 0 Å². The number of amides is 1. The van der Waals surface area contributed by atoms with Crippen molar-refractivity contribution in [3.05, 3.63) is 79.3 Å². The molecule has 0 fully saturated rings. The minimum absolute atomic E-state index is 0.0992. The maximum absolute atomic E-state index is 12.7. The molecule has 10 heteroatoms. The Morgan fingerprint density at radius 3 is 2.85 bits per heavy atom. The number of benzene rings is 2. The van der Waals surface area contributed by atoms with Crippen molar-refractivity contribution in [1.82, 2.24) is 10.4 Å². The summed E-state index contributed by atoms with van der Waals surface area (Å²) in [7, 11) is 0. The van der Waals surface area contributed by atoms with Gasteiger partial charge in [-0.1, -0.05) is 18.2 Å². The molecule has 0 saturated carbocycles. The lowest BCUT2D eigenvalue weighted by molar-refractivity contribution is -0.385. The van der Waals surface area contributed by atoms with Crippen LogP contribution in [0.4, 0.5) is 5.69 Å². The Hall–Kier alpha value is -4.47. The van der Waals surface area contributed by atoms with Gasteiger partial charge in [-0.15, -0.1) is 0 Å². The van der Waals surface area contributed by atoms with E-state index in [1.54, 1.807) is 24.3 Å². The van der Waals surface area contributed by atoms with Gasteiger partial charge in [0.25, 0.3) is 5.91 Å². The molecule has 0 aliphatic heterocycles. The van der Waals surface area contributed by atoms with E-state index >= 15 is 0 Å². The summed E-state index contributed by atoms with van der Waals surface area (Å²) in [5.74, 6) is -0.449. The highest BCUT2D eigenvalue weighted by atomic mass is 16.6. The summed E-state index contributed by atoms with van der Waals surface area (Å²) in [6.07, 6.45) is 4.47. The van der Waals surface area contributed by atoms with Gasteiger partial charge in [0.1, 0.15) is 11.3 Å². The highest BCUT2D eigenvalue weighted by Gasteiger charge is 2.27. The van der Waals surface area contributed by atoms with Crippen molar-refractivity contribution in [3.63, 3.8) is 0 Å². The first-order chi connectivity index (χ1) is 15.9. The molecule has 3 N–H and O–H groups in total. The maximum atomic E-state index is 12.7. The fourth-order valence-electron chi connectivity index (χ4n) is 4.31. The molecular weight excluding hydrogens is 428 g/mol. The van der Waals surface area contributed by atoms with Crippen molar-refractivity contribution in [2.75, 3.05) is 0 Å². The third kappa shape index (κ3) is 3.51. The van der Waals surface area contributed by atoms with Gasteiger partial charge in [0.15, 0.2) is 0 Å². The number of rotatable bonds is 4. The van der Waals surface area contributed by atoms with Crippen LogP contribution in [0.15, 0.2) is 50.7 Å². The number of para-hydroxylation sites is 1. The average molecular weight is 446 g/mol. The van der Waals surface area contributed by atoms with Crippen LogP contribution >= 0.6 is 0 Å². The molecule has 33 heavy (non-hydrogen) atoms. The van der Waals surface area contributed by atoms with Crippen molar-refractivity contribution in [1.29, 1.82) is 0 Å². The van der Waals surface area contributed by atoms with Gasteiger partial charge in [-0.2, -0.15) is 5.10 Å². The molecule has 2 aromatic carbocycles. The van der Waals surface area contributed by atoms with Crippen LogP contribution < -0.4 is 11.0 Å². The molecule has 0 unspecified atom stereocenters. The number of hydrogen-bond acceptors (Lipinski definition) is 7. The first-order valence-electron chi connectivity index (χ1n) is 10.3. The number of nitro groups is 1. The molecule has 0 radical (unpaired) electrons. The Kier molecular flexibility index (Phi) is 4.89. The van der Waals surface area contributed by atoms with Crippen LogP contribution in [-0.4, -0.2) is 27.1 Å². The third-order valence-corrected chi connectivity index (χ3v) is 5.79. The Morgan fingerprint density at radius 2 is 2.03 bits per heavy atom. The summed E-state index contributed by atoms with van der Waals surface area (Å²) >= 11 is 0. The number of H-pyrrole nitrogens is 1. The average Bonchev–Trinajstić information content (AvgIpc) is 3.17. The summed E-state index contributed by atoms with van der Waals surface area (Å²) < 4.78 is 5.83. The van der Waals surface area contributed by atoms with Gasteiger partial charge >= 0.3 is 5.69 Å². The molecule has 1 amide bonds. The second kappa shape index (κ2) is 7.90. The number of phenols is 1. The Balaban J connectivity index is 1.55. The molecule has 0 spiro atoms. The number of aromatic amines is 1. The lowest BCUT2D eigenvalue weighted by Gasteiger charge is -2.10. The van der Waals surface area contributed by atoms with Gasteiger partial charge in [-0.3, -0.25) is 19.7 Å². The lowest BCUT2D eigenvalue weighted by atomic mass is 9.93. The minimum atomic E-state index is -0.700. The predicted molar refractivity (Wildman–Crippen MR) is 121 cm³/mol. The molecule has 2 aromatic heterocycles. The zero-order chi connectivity index (χ0) is 23.1. The molecule has 4 aromatic rings. The predicted octanol–water partition coefficient (Wildman–Crippen LogP) is 3.53. The SMILES string of the molecule is O=C(N/N=C\c1c(O)c([N+](=O)[O-])cc2oc3c(c12)CCCC3)c1cc(=O)[nH]c2ccccc12. The van der Waals surface area contributed by atoms with E-state index in [9.17, 15) is 24.8 Å². The molecule has 0 saturated heterocycles. The fourth-order valence-corrected chi connectivity index (χ4v) is 4.31. The molecule has 2 heterocycles. The van der Waals surface area contributed by atoms with Crippen LogP contribution in [0.1, 0.15) is 40.1 Å². The standard InChI is InChI=1S/C23H18N4O6/c28-20-9-14(12-5-1-3-7-16(12)25-20)23(30)26-24-11-15-21-13-6-2-4-8-18(13)33-19(21)10-17(22(15)29)27(31)32/h1,3,5,7,9-11,29H,2,4,6,8H2,(H,25,28)(H,26,30)/b24-11-. The van der Waals surface area contributed by atoms with Crippen molar-refractivity contribution < 1.29 is 19.2 Å². The molecule has 0 bridgehead atoms. The van der Waals surface area contributed by atoms with Crippen molar-refractivity contribution in [3.8, 4) is 5.75 Å². The number of pyridine rings is 1. The van der Waals surface area contributed by atoms with Gasteiger partial charge < -0.3 is 14.5 Å². The van der Waals surface area contributed by atoms with E-state index in [-0.39, 0.29) is 11.1 Å². The quantitative estimate of drug-likeness (QED) is 0.248. The number of nitrogens with zero attached hydrogens (tertiary/aromatic N) is 2. The number of phenolic OH excluding ortho intramolecular Hbond substituents is 1. The monoisotopic (exact) mass is 446 g/mol. The molecule has 1 aliphatic carbocycles. The summed E-state index contributed by atoms with van der Waals surface area (Å²) in [4.78, 5) is 38.1. The van der Waals surface area contributed by atoms with E-state index in [2.05, 4.69) is 15.5 Å². The molecule has 0 atom stereocenters. The number of aromatic hydroxyl groups is 1. The van der Waals surface area contributed by atoms with E-state index in [1.807, 2.05) is 0 Å². The number of hydrogen-bond donors (Lipinski definition) is 3. The normalized spacial score (nSPS) is 13.5. The van der Waals surface area contributed by atoms with Gasteiger partial charge in [-0.05, 0) is 25.3 Å². The molecule has 10 nitrogen and oxygen atoms in total. The minimum Gasteiger partial charge on any atom is -0.502 e. The van der Waals surface area contributed by atoms with Gasteiger partial charge in [0, 0.05) is 34.3 Å². The molecular formula is C23H18N4O6. The number of fused-ring (bicyclic) bond motifs is 4. The second-order valence-electron chi connectivity index (χ2n) is 7.79. The van der Waals surface area contributed by atoms with Crippen molar-refractivity contribution >= 4 is 39.7 Å². The lowest BCUT2D eigenvalue weighted by Crippen LogP contribution is -2.20. The molecule has 5 rings (SSSR count). The van der Waals surface area contributed by atoms with Gasteiger partial charge in [0.2, 0.25) is 11.3 Å². The number of nitrogens with one attached hydrogen (secondary N) is 2. The topological polar surface area (TPSA) is 151 Å². The number of furan rings is 1. The molecule has 166 valence electrons. The van der Waals surface area contributed by atoms with Crippen LogP contribution in [0.25, 0.3) is 21.9 Å². The first-order valence-corrected chi connectivity index (χ1v) is 10.3. The Morgan fingerprint density at radius 1 is 1.24 bits per heavy atom. The van der Waals surface area contributed by atoms with E-state index in [4.69, 9.17) is 4.42 Å². The fraction of sp³-hybridized carbons (Fsp3) is 0.174. The summed E-state index contributed by atoms with van der Waals surface area (Å²) in [6.45, 7) is 0. The van der Waals surface area contributed by atoms with Crippen LogP contribution in [0, 0.1) is 10.1 Å². The van der Waals surface area contributed by atoms with Gasteiger partial charge in [0.05, 0.1) is 28.3 Å². The summed E-state index contributed by atoms with van der Waals surface area (Å²) in [6, 6.07) is 9.22. The zero-order valence-corrected chi connectivity index (χ0v) is 17.3. The highest BCUT2D eigenvalue weighted by Crippen LogP contribution is 2.41. The van der Waals surface area contributed by atoms with Crippen LogP contribution in [0.2, 0.25) is 0 Å². The summed E-state index contributed by atoms with van der Waals surface area (Å²) in [5.41, 5.74) is 3.30. The number of aryl methyl sites for hydroxylation is 2. The van der Waals surface area contributed by atoms with Crippen molar-refractivity contribution in [2.45, 2.75) is 25.7 Å². The third-order valence-electron chi connectivity index (χ3n) is 5.79. The number of carbonyl (C=O) groups excluding carboxylic acids is 1. The first kappa shape index (κ1) is 20.4. The largest absolute Gasteiger partial charge is 0.502 e. The second-order valence-corrected chi connectivity index (χ2v) is 7.79. The van der Waals surface area contributed by atoms with Crippen molar-refractivity contribution in [2.24, 2.45) is 5.10 Å².